The number of aromatic nitrogens is 1. The normalized spacial score (nSPS) is 12.4. The maximum Gasteiger partial charge on any atom is 0.249 e. The van der Waals surface area contributed by atoms with Gasteiger partial charge in [0.15, 0.2) is 0 Å². The Labute approximate surface area is 116 Å². The molecule has 1 atom stereocenters. The van der Waals surface area contributed by atoms with Gasteiger partial charge in [0.05, 0.1) is 17.2 Å². The van der Waals surface area contributed by atoms with Gasteiger partial charge in [-0.25, -0.2) is 4.98 Å². The molecule has 0 aliphatic heterocycles. The zero-order valence-electron chi connectivity index (χ0n) is 11.0. The van der Waals surface area contributed by atoms with Crippen LogP contribution in [-0.4, -0.2) is 34.1 Å². The van der Waals surface area contributed by atoms with E-state index in [4.69, 9.17) is 0 Å². The van der Waals surface area contributed by atoms with Crippen LogP contribution in [0.1, 0.15) is 28.9 Å². The van der Waals surface area contributed by atoms with Gasteiger partial charge in [-0.1, -0.05) is 6.92 Å². The van der Waals surface area contributed by atoms with Gasteiger partial charge in [0.25, 0.3) is 0 Å². The molecule has 0 aromatic carbocycles. The monoisotopic (exact) mass is 288 g/mol. The number of thioether (sulfide) groups is 1. The van der Waals surface area contributed by atoms with E-state index in [1.54, 1.807) is 23.1 Å². The number of rotatable bonds is 7. The fourth-order valence-electron chi connectivity index (χ4n) is 1.57. The topological polar surface area (TPSA) is 62.2 Å². The van der Waals surface area contributed by atoms with E-state index in [1.165, 1.54) is 0 Å². The van der Waals surface area contributed by atoms with E-state index >= 15 is 0 Å². The van der Waals surface area contributed by atoms with Crippen molar-refractivity contribution in [2.75, 3.05) is 12.0 Å². The number of thiazole rings is 1. The molecule has 102 valence electrons. The van der Waals surface area contributed by atoms with E-state index in [0.29, 0.717) is 13.0 Å². The van der Waals surface area contributed by atoms with Crippen molar-refractivity contribution in [3.63, 3.8) is 0 Å². The van der Waals surface area contributed by atoms with E-state index in [2.05, 4.69) is 10.3 Å². The third-order valence-corrected chi connectivity index (χ3v) is 4.20. The lowest BCUT2D eigenvalue weighted by Crippen LogP contribution is -2.34. The molecular formula is C12H20N2O2S2. The minimum atomic E-state index is -0.906. The zero-order chi connectivity index (χ0) is 13.5. The van der Waals surface area contributed by atoms with Crippen LogP contribution in [0.2, 0.25) is 0 Å². The molecule has 1 aromatic rings. The fraction of sp³-hybridized carbons (Fsp3) is 0.667. The van der Waals surface area contributed by atoms with E-state index in [1.807, 2.05) is 20.1 Å². The summed E-state index contributed by atoms with van der Waals surface area (Å²) in [6.45, 7) is 4.47. The molecule has 1 rings (SSSR count). The highest BCUT2D eigenvalue weighted by molar-refractivity contribution is 7.98. The van der Waals surface area contributed by atoms with Crippen molar-refractivity contribution in [1.29, 1.82) is 0 Å². The van der Waals surface area contributed by atoms with Crippen molar-refractivity contribution in [3.05, 3.63) is 15.6 Å². The number of hydrogen-bond acceptors (Lipinski definition) is 5. The van der Waals surface area contributed by atoms with E-state index in [0.717, 1.165) is 27.8 Å². The third-order valence-electron chi connectivity index (χ3n) is 2.54. The van der Waals surface area contributed by atoms with Crippen molar-refractivity contribution < 1.29 is 9.90 Å². The number of carbonyl (C=O) groups is 1. The van der Waals surface area contributed by atoms with E-state index in [-0.39, 0.29) is 5.91 Å². The summed E-state index contributed by atoms with van der Waals surface area (Å²) in [4.78, 5) is 17.1. The maximum absolute atomic E-state index is 11.6. The molecule has 6 heteroatoms. The number of aryl methyl sites for hydroxylation is 2. The standard InChI is InChI=1S/C12H20N2O2S2/c1-4-9-11(18-8(2)14-9)7-13-12(16)10(15)5-6-17-3/h10,15H,4-7H2,1-3H3,(H,13,16)/t10-/m1/s1. The quantitative estimate of drug-likeness (QED) is 0.802. The highest BCUT2D eigenvalue weighted by Gasteiger charge is 2.15. The molecule has 2 N–H and O–H groups in total. The first-order chi connectivity index (χ1) is 8.58. The van der Waals surface area contributed by atoms with Crippen LogP contribution in [0.5, 0.6) is 0 Å². The van der Waals surface area contributed by atoms with Crippen LogP contribution >= 0.6 is 23.1 Å². The lowest BCUT2D eigenvalue weighted by molar-refractivity contribution is -0.129. The Bertz CT molecular complexity index is 393. The van der Waals surface area contributed by atoms with Gasteiger partial charge >= 0.3 is 0 Å². The highest BCUT2D eigenvalue weighted by atomic mass is 32.2. The number of aliphatic hydroxyl groups excluding tert-OH is 1. The molecule has 18 heavy (non-hydrogen) atoms. The molecule has 0 fully saturated rings. The molecule has 0 aliphatic rings. The van der Waals surface area contributed by atoms with Gasteiger partial charge in [-0.3, -0.25) is 4.79 Å². The number of hydrogen-bond donors (Lipinski definition) is 2. The Kier molecular flexibility index (Phi) is 6.67. The Balaban J connectivity index is 2.46. The number of carbonyl (C=O) groups excluding carboxylic acids is 1. The van der Waals surface area contributed by atoms with Gasteiger partial charge in [0.1, 0.15) is 6.10 Å². The molecule has 0 spiro atoms. The summed E-state index contributed by atoms with van der Waals surface area (Å²) in [7, 11) is 0. The number of aliphatic hydroxyl groups is 1. The molecule has 0 saturated carbocycles. The van der Waals surface area contributed by atoms with Crippen molar-refractivity contribution in [2.45, 2.75) is 39.3 Å². The first-order valence-corrected chi connectivity index (χ1v) is 8.19. The van der Waals surface area contributed by atoms with Crippen LogP contribution in [0.3, 0.4) is 0 Å². The smallest absolute Gasteiger partial charge is 0.249 e. The summed E-state index contributed by atoms with van der Waals surface area (Å²) in [5.41, 5.74) is 1.04. The molecule has 0 bridgehead atoms. The average Bonchev–Trinajstić information content (AvgIpc) is 2.73. The first kappa shape index (κ1) is 15.5. The number of nitrogens with one attached hydrogen (secondary N) is 1. The van der Waals surface area contributed by atoms with Crippen LogP contribution in [-0.2, 0) is 17.8 Å². The second-order valence-electron chi connectivity index (χ2n) is 3.97. The summed E-state index contributed by atoms with van der Waals surface area (Å²) >= 11 is 3.22. The average molecular weight is 288 g/mol. The van der Waals surface area contributed by atoms with Crippen molar-refractivity contribution in [1.82, 2.24) is 10.3 Å². The summed E-state index contributed by atoms with van der Waals surface area (Å²) in [5, 5.41) is 13.4. The van der Waals surface area contributed by atoms with Crippen molar-refractivity contribution in [2.24, 2.45) is 0 Å². The Morgan fingerprint density at radius 2 is 2.33 bits per heavy atom. The molecule has 0 saturated heterocycles. The minimum Gasteiger partial charge on any atom is -0.383 e. The second-order valence-corrected chi connectivity index (χ2v) is 6.24. The van der Waals surface area contributed by atoms with Gasteiger partial charge < -0.3 is 10.4 Å². The molecular weight excluding hydrogens is 268 g/mol. The van der Waals surface area contributed by atoms with Crippen LogP contribution in [0.15, 0.2) is 0 Å². The summed E-state index contributed by atoms with van der Waals surface area (Å²) in [6, 6.07) is 0. The van der Waals surface area contributed by atoms with Crippen molar-refractivity contribution in [3.8, 4) is 0 Å². The largest absolute Gasteiger partial charge is 0.383 e. The van der Waals surface area contributed by atoms with Gasteiger partial charge in [-0.05, 0) is 31.8 Å². The van der Waals surface area contributed by atoms with E-state index in [9.17, 15) is 9.90 Å². The maximum atomic E-state index is 11.6. The van der Waals surface area contributed by atoms with Crippen LogP contribution in [0.4, 0.5) is 0 Å². The Hall–Kier alpha value is -0.590. The van der Waals surface area contributed by atoms with Crippen LogP contribution in [0, 0.1) is 6.92 Å². The number of nitrogens with zero attached hydrogens (tertiary/aromatic N) is 1. The Morgan fingerprint density at radius 1 is 1.61 bits per heavy atom. The highest BCUT2D eigenvalue weighted by Crippen LogP contribution is 2.18. The predicted octanol–water partition coefficient (Wildman–Crippen LogP) is 1.74. The number of amides is 1. The molecule has 0 unspecified atom stereocenters. The molecule has 4 nitrogen and oxygen atoms in total. The lowest BCUT2D eigenvalue weighted by atomic mass is 10.2. The molecule has 1 aromatic heterocycles. The Morgan fingerprint density at radius 3 is 2.94 bits per heavy atom. The van der Waals surface area contributed by atoms with Gasteiger partial charge in [-0.15, -0.1) is 11.3 Å². The molecule has 0 aliphatic carbocycles. The summed E-state index contributed by atoms with van der Waals surface area (Å²) in [6.07, 6.45) is 2.41. The zero-order valence-corrected chi connectivity index (χ0v) is 12.7. The van der Waals surface area contributed by atoms with Gasteiger partial charge in [-0.2, -0.15) is 11.8 Å². The second kappa shape index (κ2) is 7.76. The van der Waals surface area contributed by atoms with Gasteiger partial charge in [0.2, 0.25) is 5.91 Å². The van der Waals surface area contributed by atoms with Crippen LogP contribution < -0.4 is 5.32 Å². The van der Waals surface area contributed by atoms with E-state index < -0.39 is 6.10 Å². The summed E-state index contributed by atoms with van der Waals surface area (Å²) in [5.74, 6) is 0.492. The summed E-state index contributed by atoms with van der Waals surface area (Å²) < 4.78 is 0. The SMILES string of the molecule is CCc1nc(C)sc1CNC(=O)[C@H](O)CCSC. The van der Waals surface area contributed by atoms with Crippen molar-refractivity contribution >= 4 is 29.0 Å². The third kappa shape index (κ3) is 4.59. The van der Waals surface area contributed by atoms with Crippen LogP contribution in [0.25, 0.3) is 0 Å². The molecule has 0 radical (unpaired) electrons. The predicted molar refractivity (Wildman–Crippen MR) is 77.1 cm³/mol. The fourth-order valence-corrected chi connectivity index (χ4v) is 3.00. The molecule has 1 amide bonds. The van der Waals surface area contributed by atoms with Gasteiger partial charge in [0, 0.05) is 4.88 Å². The first-order valence-electron chi connectivity index (χ1n) is 5.98. The minimum absolute atomic E-state index is 0.294. The molecule has 1 heterocycles. The lowest BCUT2D eigenvalue weighted by Gasteiger charge is -2.10.